The highest BCUT2D eigenvalue weighted by Crippen LogP contribution is 2.26. The van der Waals surface area contributed by atoms with Crippen LogP contribution >= 0.6 is 27.3 Å². The first-order valence-electron chi connectivity index (χ1n) is 6.80. The number of nitrogens with zero attached hydrogens (tertiary/aromatic N) is 1. The molecule has 0 aromatic carbocycles. The van der Waals surface area contributed by atoms with Crippen LogP contribution in [-0.4, -0.2) is 35.6 Å². The minimum atomic E-state index is -0.887. The molecule has 7 heteroatoms. The minimum Gasteiger partial charge on any atom is -0.481 e. The molecule has 0 unspecified atom stereocenters. The van der Waals surface area contributed by atoms with Gasteiger partial charge in [0.15, 0.2) is 0 Å². The quantitative estimate of drug-likeness (QED) is 0.764. The lowest BCUT2D eigenvalue weighted by Gasteiger charge is -2.28. The van der Waals surface area contributed by atoms with E-state index in [0.717, 1.165) is 9.35 Å². The van der Waals surface area contributed by atoms with Gasteiger partial charge in [0.25, 0.3) is 0 Å². The zero-order valence-corrected chi connectivity index (χ0v) is 14.9. The molecule has 21 heavy (non-hydrogen) atoms. The van der Waals surface area contributed by atoms with Crippen molar-refractivity contribution in [1.29, 1.82) is 0 Å². The largest absolute Gasteiger partial charge is 0.481 e. The van der Waals surface area contributed by atoms with E-state index >= 15 is 0 Å². The van der Waals surface area contributed by atoms with E-state index in [1.165, 1.54) is 0 Å². The Bertz CT molecular complexity index is 500. The highest BCUT2D eigenvalue weighted by molar-refractivity contribution is 9.11. The average molecular weight is 377 g/mol. The third-order valence-corrected chi connectivity index (χ3v) is 5.33. The van der Waals surface area contributed by atoms with E-state index in [-0.39, 0.29) is 12.6 Å². The molecule has 1 aromatic heterocycles. The Balaban J connectivity index is 2.57. The van der Waals surface area contributed by atoms with E-state index in [9.17, 15) is 14.7 Å². The maximum atomic E-state index is 12.1. The summed E-state index contributed by atoms with van der Waals surface area (Å²) in [5, 5.41) is 14.1. The molecule has 2 N–H and O–H groups in total. The molecule has 118 valence electrons. The molecule has 0 aliphatic heterocycles. The molecule has 0 atom stereocenters. The molecule has 0 saturated heterocycles. The number of nitrogens with one attached hydrogen (secondary N) is 1. The van der Waals surface area contributed by atoms with Crippen molar-refractivity contribution in [2.75, 3.05) is 13.6 Å². The molecule has 0 aliphatic rings. The molecule has 0 bridgehead atoms. The Morgan fingerprint density at radius 3 is 2.48 bits per heavy atom. The predicted octanol–water partition coefficient (Wildman–Crippen LogP) is 3.54. The van der Waals surface area contributed by atoms with Gasteiger partial charge in [0.2, 0.25) is 0 Å². The van der Waals surface area contributed by atoms with Crippen molar-refractivity contribution in [2.24, 2.45) is 5.41 Å². The Hall–Kier alpha value is -1.08. The lowest BCUT2D eigenvalue weighted by atomic mass is 9.82. The summed E-state index contributed by atoms with van der Waals surface area (Å²) in [6.07, 6.45) is 0.973. The maximum Gasteiger partial charge on any atom is 0.317 e. The number of carbonyl (C=O) groups excluding carboxylic acids is 1. The highest BCUT2D eigenvalue weighted by Gasteiger charge is 2.35. The van der Waals surface area contributed by atoms with Crippen molar-refractivity contribution in [3.63, 3.8) is 0 Å². The number of carbonyl (C=O) groups is 2. The molecule has 0 spiro atoms. The van der Waals surface area contributed by atoms with Gasteiger partial charge < -0.3 is 15.3 Å². The van der Waals surface area contributed by atoms with Gasteiger partial charge in [-0.15, -0.1) is 11.3 Å². The molecule has 2 amide bonds. The predicted molar refractivity (Wildman–Crippen MR) is 87.5 cm³/mol. The first-order chi connectivity index (χ1) is 9.84. The van der Waals surface area contributed by atoms with Crippen molar-refractivity contribution < 1.29 is 14.7 Å². The molecule has 0 saturated carbocycles. The van der Waals surface area contributed by atoms with Gasteiger partial charge in [-0.2, -0.15) is 0 Å². The van der Waals surface area contributed by atoms with Gasteiger partial charge in [0.1, 0.15) is 0 Å². The van der Waals surface area contributed by atoms with Gasteiger partial charge in [-0.1, -0.05) is 13.8 Å². The summed E-state index contributed by atoms with van der Waals surface area (Å²) in [5.74, 6) is -0.864. The molecule has 1 rings (SSSR count). The zero-order chi connectivity index (χ0) is 16.0. The Kier molecular flexibility index (Phi) is 6.67. The second-order valence-electron chi connectivity index (χ2n) is 5.07. The molecule has 5 nitrogen and oxygen atoms in total. The summed E-state index contributed by atoms with van der Waals surface area (Å²) in [6.45, 7) is 4.30. The van der Waals surface area contributed by atoms with Gasteiger partial charge >= 0.3 is 12.0 Å². The second kappa shape index (κ2) is 7.79. The molecule has 0 aliphatic carbocycles. The number of urea groups is 1. The number of hydrogen-bond donors (Lipinski definition) is 2. The van der Waals surface area contributed by atoms with Crippen LogP contribution in [0.25, 0.3) is 0 Å². The van der Waals surface area contributed by atoms with Crippen molar-refractivity contribution in [3.8, 4) is 0 Å². The Labute approximate surface area is 137 Å². The van der Waals surface area contributed by atoms with E-state index in [1.54, 1.807) is 23.3 Å². The summed E-state index contributed by atoms with van der Waals surface area (Å²) >= 11 is 4.95. The van der Waals surface area contributed by atoms with Crippen LogP contribution < -0.4 is 5.32 Å². The van der Waals surface area contributed by atoms with Crippen molar-refractivity contribution >= 4 is 39.3 Å². The highest BCUT2D eigenvalue weighted by atomic mass is 79.9. The van der Waals surface area contributed by atoms with E-state index in [4.69, 9.17) is 0 Å². The monoisotopic (exact) mass is 376 g/mol. The van der Waals surface area contributed by atoms with Crippen LogP contribution in [0.4, 0.5) is 4.79 Å². The normalized spacial score (nSPS) is 11.2. The van der Waals surface area contributed by atoms with Gasteiger partial charge in [0, 0.05) is 20.1 Å². The third-order valence-electron chi connectivity index (χ3n) is 3.77. The first kappa shape index (κ1) is 18.0. The van der Waals surface area contributed by atoms with Crippen molar-refractivity contribution in [2.45, 2.75) is 33.2 Å². The van der Waals surface area contributed by atoms with E-state index in [1.807, 2.05) is 25.3 Å². The topological polar surface area (TPSA) is 69.6 Å². The summed E-state index contributed by atoms with van der Waals surface area (Å²) in [5.41, 5.74) is 0.155. The Morgan fingerprint density at radius 1 is 1.43 bits per heavy atom. The number of hydrogen-bond acceptors (Lipinski definition) is 3. The molecular formula is C14H21BrN2O3S. The zero-order valence-electron chi connectivity index (χ0n) is 12.5. The average Bonchev–Trinajstić information content (AvgIpc) is 2.85. The fourth-order valence-corrected chi connectivity index (χ4v) is 3.23. The van der Waals surface area contributed by atoms with E-state index < -0.39 is 11.4 Å². The number of rotatable bonds is 7. The fourth-order valence-electron chi connectivity index (χ4n) is 2.03. The summed E-state index contributed by atoms with van der Waals surface area (Å²) in [6, 6.07) is 1.71. The van der Waals surface area contributed by atoms with Crippen molar-refractivity contribution in [1.82, 2.24) is 10.2 Å². The van der Waals surface area contributed by atoms with Gasteiger partial charge in [-0.3, -0.25) is 4.79 Å². The summed E-state index contributed by atoms with van der Waals surface area (Å²) in [4.78, 5) is 25.0. The number of halogens is 1. The van der Waals surface area contributed by atoms with Crippen LogP contribution in [0.3, 0.4) is 0 Å². The first-order valence-corrected chi connectivity index (χ1v) is 8.47. The lowest BCUT2D eigenvalue weighted by Crippen LogP contribution is -2.46. The van der Waals surface area contributed by atoms with Gasteiger partial charge in [-0.05, 0) is 45.8 Å². The van der Waals surface area contributed by atoms with Gasteiger partial charge in [0.05, 0.1) is 9.20 Å². The van der Waals surface area contributed by atoms with Crippen molar-refractivity contribution in [3.05, 3.63) is 20.8 Å². The molecule has 0 radical (unpaired) electrons. The fraction of sp³-hybridized carbons (Fsp3) is 0.571. The van der Waals surface area contributed by atoms with Crippen LogP contribution in [-0.2, 0) is 11.3 Å². The van der Waals surface area contributed by atoms with E-state index in [0.29, 0.717) is 19.4 Å². The smallest absolute Gasteiger partial charge is 0.317 e. The molecule has 1 aromatic rings. The number of thiophene rings is 1. The summed E-state index contributed by atoms with van der Waals surface area (Å²) < 4.78 is 1.02. The number of aliphatic carboxylic acids is 1. The SMILES string of the molecule is CCC(CC)(CNC(=O)N(C)Cc1csc(Br)c1)C(=O)O. The van der Waals surface area contributed by atoms with E-state index in [2.05, 4.69) is 21.2 Å². The Morgan fingerprint density at radius 2 is 2.05 bits per heavy atom. The van der Waals surface area contributed by atoms with Crippen LogP contribution in [0.1, 0.15) is 32.3 Å². The lowest BCUT2D eigenvalue weighted by molar-refractivity contribution is -0.149. The minimum absolute atomic E-state index is 0.145. The molecular weight excluding hydrogens is 356 g/mol. The van der Waals surface area contributed by atoms with Crippen LogP contribution in [0.5, 0.6) is 0 Å². The number of amides is 2. The number of carboxylic acids is 1. The molecule has 0 fully saturated rings. The number of carboxylic acid groups (broad SMARTS) is 1. The third kappa shape index (κ3) is 4.71. The standard InChI is InChI=1S/C14H21BrN2O3S/c1-4-14(5-2,12(18)19)9-16-13(20)17(3)7-10-6-11(15)21-8-10/h6,8H,4-5,7,9H2,1-3H3,(H,16,20)(H,18,19). The van der Waals surface area contributed by atoms with Crippen LogP contribution in [0.2, 0.25) is 0 Å². The summed E-state index contributed by atoms with van der Waals surface area (Å²) in [7, 11) is 1.70. The molecule has 1 heterocycles. The van der Waals surface area contributed by atoms with Crippen LogP contribution in [0, 0.1) is 5.41 Å². The van der Waals surface area contributed by atoms with Gasteiger partial charge in [-0.25, -0.2) is 4.79 Å². The second-order valence-corrected chi connectivity index (χ2v) is 7.36. The van der Waals surface area contributed by atoms with Crippen LogP contribution in [0.15, 0.2) is 15.2 Å². The maximum absolute atomic E-state index is 12.1.